The molecular weight excluding hydrogens is 348 g/mol. The van der Waals surface area contributed by atoms with Gasteiger partial charge in [-0.05, 0) is 55.7 Å². The molecule has 1 heterocycles. The van der Waals surface area contributed by atoms with Gasteiger partial charge in [0.15, 0.2) is 0 Å². The highest BCUT2D eigenvalue weighted by Crippen LogP contribution is 2.49. The molecule has 4 nitrogen and oxygen atoms in total. The zero-order valence-electron chi connectivity index (χ0n) is 14.7. The van der Waals surface area contributed by atoms with E-state index in [4.69, 9.17) is 16.3 Å². The summed E-state index contributed by atoms with van der Waals surface area (Å²) in [6.45, 7) is 0.445. The molecule has 2 atom stereocenters. The molecule has 0 bridgehead atoms. The molecule has 26 heavy (non-hydrogen) atoms. The van der Waals surface area contributed by atoms with Crippen LogP contribution in [0.2, 0.25) is 5.02 Å². The van der Waals surface area contributed by atoms with Gasteiger partial charge in [-0.2, -0.15) is 0 Å². The number of ether oxygens (including phenoxy) is 1. The number of rotatable bonds is 6. The van der Waals surface area contributed by atoms with Gasteiger partial charge in [0.05, 0.1) is 0 Å². The number of carbonyl (C=O) groups is 1. The van der Waals surface area contributed by atoms with Crippen LogP contribution in [0.3, 0.4) is 0 Å². The molecule has 2 saturated carbocycles. The molecule has 1 aromatic heterocycles. The number of amides is 1. The van der Waals surface area contributed by atoms with E-state index in [1.165, 1.54) is 12.8 Å². The van der Waals surface area contributed by atoms with Crippen molar-refractivity contribution in [3.8, 4) is 5.88 Å². The Kier molecular flexibility index (Phi) is 5.11. The SMILES string of the molecule is O=C(NCc1cccnc1OC1CCCC1)C1CC1c1ccccc1Cl. The minimum absolute atomic E-state index is 0.00534. The molecule has 1 N–H and O–H groups in total. The predicted molar refractivity (Wildman–Crippen MR) is 101 cm³/mol. The van der Waals surface area contributed by atoms with Gasteiger partial charge in [-0.1, -0.05) is 35.9 Å². The first kappa shape index (κ1) is 17.3. The molecule has 0 radical (unpaired) electrons. The Morgan fingerprint density at radius 2 is 2.00 bits per heavy atom. The number of aromatic nitrogens is 1. The first-order chi connectivity index (χ1) is 12.7. The normalized spacial score (nSPS) is 22.2. The van der Waals surface area contributed by atoms with Crippen LogP contribution in [0.4, 0.5) is 0 Å². The molecule has 2 unspecified atom stereocenters. The molecule has 2 aliphatic carbocycles. The Labute approximate surface area is 158 Å². The average Bonchev–Trinajstić information content (AvgIpc) is 3.29. The summed E-state index contributed by atoms with van der Waals surface area (Å²) in [5.74, 6) is 0.960. The maximum Gasteiger partial charge on any atom is 0.224 e. The van der Waals surface area contributed by atoms with E-state index in [1.54, 1.807) is 6.20 Å². The van der Waals surface area contributed by atoms with Crippen LogP contribution in [0.15, 0.2) is 42.6 Å². The number of benzene rings is 1. The Balaban J connectivity index is 1.35. The fourth-order valence-electron chi connectivity index (χ4n) is 3.75. The number of nitrogens with zero attached hydrogens (tertiary/aromatic N) is 1. The summed E-state index contributed by atoms with van der Waals surface area (Å²) in [5, 5.41) is 3.79. The lowest BCUT2D eigenvalue weighted by Gasteiger charge is -2.15. The molecule has 2 aromatic rings. The van der Waals surface area contributed by atoms with Gasteiger partial charge in [-0.15, -0.1) is 0 Å². The van der Waals surface area contributed by atoms with E-state index < -0.39 is 0 Å². The average molecular weight is 371 g/mol. The van der Waals surface area contributed by atoms with Crippen LogP contribution in [0, 0.1) is 5.92 Å². The van der Waals surface area contributed by atoms with E-state index in [9.17, 15) is 4.79 Å². The number of nitrogens with one attached hydrogen (secondary N) is 1. The number of carbonyl (C=O) groups excluding carboxylic acids is 1. The fourth-order valence-corrected chi connectivity index (χ4v) is 4.02. The van der Waals surface area contributed by atoms with Gasteiger partial charge in [0.25, 0.3) is 0 Å². The van der Waals surface area contributed by atoms with Gasteiger partial charge in [0, 0.05) is 29.2 Å². The Bertz CT molecular complexity index is 789. The quantitative estimate of drug-likeness (QED) is 0.815. The molecule has 1 amide bonds. The third-order valence-electron chi connectivity index (χ3n) is 5.32. The van der Waals surface area contributed by atoms with Gasteiger partial charge in [0.2, 0.25) is 11.8 Å². The monoisotopic (exact) mass is 370 g/mol. The molecule has 4 rings (SSSR count). The lowest BCUT2D eigenvalue weighted by molar-refractivity contribution is -0.122. The van der Waals surface area contributed by atoms with Gasteiger partial charge in [-0.3, -0.25) is 4.79 Å². The van der Waals surface area contributed by atoms with Crippen molar-refractivity contribution in [3.63, 3.8) is 0 Å². The first-order valence-corrected chi connectivity index (χ1v) is 9.73. The summed E-state index contributed by atoms with van der Waals surface area (Å²) in [6, 6.07) is 11.6. The summed E-state index contributed by atoms with van der Waals surface area (Å²) in [4.78, 5) is 16.9. The number of hydrogen-bond donors (Lipinski definition) is 1. The summed E-state index contributed by atoms with van der Waals surface area (Å²) >= 11 is 6.25. The van der Waals surface area contributed by atoms with Crippen molar-refractivity contribution in [2.45, 2.75) is 50.7 Å². The van der Waals surface area contributed by atoms with Crippen molar-refractivity contribution in [2.75, 3.05) is 0 Å². The number of halogens is 1. The van der Waals surface area contributed by atoms with E-state index in [1.807, 2.05) is 36.4 Å². The molecule has 1 aromatic carbocycles. The third kappa shape index (κ3) is 3.85. The van der Waals surface area contributed by atoms with Crippen LogP contribution in [0.5, 0.6) is 5.88 Å². The van der Waals surface area contributed by atoms with Gasteiger partial charge < -0.3 is 10.1 Å². The number of hydrogen-bond acceptors (Lipinski definition) is 3. The summed E-state index contributed by atoms with van der Waals surface area (Å²) < 4.78 is 6.04. The van der Waals surface area contributed by atoms with Gasteiger partial charge in [0.1, 0.15) is 6.10 Å². The molecule has 5 heteroatoms. The highest BCUT2D eigenvalue weighted by molar-refractivity contribution is 6.31. The lowest BCUT2D eigenvalue weighted by atomic mass is 10.1. The van der Waals surface area contributed by atoms with Crippen LogP contribution < -0.4 is 10.1 Å². The van der Waals surface area contributed by atoms with Gasteiger partial charge >= 0.3 is 0 Å². The second kappa shape index (κ2) is 7.67. The van der Waals surface area contributed by atoms with E-state index in [-0.39, 0.29) is 23.8 Å². The van der Waals surface area contributed by atoms with Crippen LogP contribution in [-0.4, -0.2) is 17.0 Å². The maximum absolute atomic E-state index is 12.5. The minimum Gasteiger partial charge on any atom is -0.474 e. The summed E-state index contributed by atoms with van der Waals surface area (Å²) in [6.07, 6.45) is 7.46. The lowest BCUT2D eigenvalue weighted by Crippen LogP contribution is -2.25. The second-order valence-electron chi connectivity index (χ2n) is 7.18. The van der Waals surface area contributed by atoms with Crippen molar-refractivity contribution < 1.29 is 9.53 Å². The predicted octanol–water partition coefficient (Wildman–Crippen LogP) is 4.48. The molecule has 0 saturated heterocycles. The van der Waals surface area contributed by atoms with Crippen molar-refractivity contribution in [1.82, 2.24) is 10.3 Å². The van der Waals surface area contributed by atoms with E-state index in [0.717, 1.165) is 35.4 Å². The molecule has 136 valence electrons. The molecular formula is C21H23ClN2O2. The first-order valence-electron chi connectivity index (χ1n) is 9.35. The minimum atomic E-state index is 0.00534. The highest BCUT2D eigenvalue weighted by atomic mass is 35.5. The third-order valence-corrected chi connectivity index (χ3v) is 5.66. The molecule has 0 spiro atoms. The van der Waals surface area contributed by atoms with E-state index in [0.29, 0.717) is 12.4 Å². The van der Waals surface area contributed by atoms with Crippen LogP contribution >= 0.6 is 11.6 Å². The van der Waals surface area contributed by atoms with Crippen molar-refractivity contribution in [2.24, 2.45) is 5.92 Å². The van der Waals surface area contributed by atoms with Crippen LogP contribution in [-0.2, 0) is 11.3 Å². The van der Waals surface area contributed by atoms with Crippen molar-refractivity contribution >= 4 is 17.5 Å². The van der Waals surface area contributed by atoms with Gasteiger partial charge in [-0.25, -0.2) is 4.98 Å². The standard InChI is InChI=1S/C21H23ClN2O2/c22-19-10-4-3-9-16(19)17-12-18(17)20(25)24-13-14-6-5-11-23-21(14)26-15-7-1-2-8-15/h3-6,9-11,15,17-18H,1-2,7-8,12-13H2,(H,24,25). The number of pyridine rings is 1. The Morgan fingerprint density at radius 1 is 1.19 bits per heavy atom. The fraction of sp³-hybridized carbons (Fsp3) is 0.429. The maximum atomic E-state index is 12.5. The summed E-state index contributed by atoms with van der Waals surface area (Å²) in [7, 11) is 0. The van der Waals surface area contributed by atoms with Crippen LogP contribution in [0.25, 0.3) is 0 Å². The molecule has 2 aliphatic rings. The van der Waals surface area contributed by atoms with E-state index >= 15 is 0 Å². The molecule has 0 aliphatic heterocycles. The smallest absolute Gasteiger partial charge is 0.224 e. The largest absolute Gasteiger partial charge is 0.474 e. The molecule has 2 fully saturated rings. The van der Waals surface area contributed by atoms with Crippen molar-refractivity contribution in [1.29, 1.82) is 0 Å². The zero-order chi connectivity index (χ0) is 17.9. The second-order valence-corrected chi connectivity index (χ2v) is 7.59. The van der Waals surface area contributed by atoms with Crippen LogP contribution in [0.1, 0.15) is 49.1 Å². The van der Waals surface area contributed by atoms with Crippen molar-refractivity contribution in [3.05, 3.63) is 58.7 Å². The summed E-state index contributed by atoms with van der Waals surface area (Å²) in [5.41, 5.74) is 2.00. The zero-order valence-corrected chi connectivity index (χ0v) is 15.4. The Morgan fingerprint density at radius 3 is 2.81 bits per heavy atom. The topological polar surface area (TPSA) is 51.2 Å². The Hall–Kier alpha value is -2.07. The van der Waals surface area contributed by atoms with E-state index in [2.05, 4.69) is 10.3 Å². The highest BCUT2D eigenvalue weighted by Gasteiger charge is 2.44.